The van der Waals surface area contributed by atoms with Crippen LogP contribution in [0.1, 0.15) is 109 Å². The second-order valence-corrected chi connectivity index (χ2v) is 38.8. The number of nitrogens with one attached hydrogen (secondary N) is 20. The Morgan fingerprint density at radius 1 is 0.458 bits per heavy atom. The number of hydrogen-bond acceptors (Lipinski definition) is 29. The molecular weight excluding hydrogens is 1920 g/mol. The number of primary amides is 2. The lowest BCUT2D eigenvalue weighted by molar-refractivity contribution is -0.152. The van der Waals surface area contributed by atoms with Gasteiger partial charge in [0.25, 0.3) is 0 Å². The second-order valence-electron chi connectivity index (χ2n) is 34.9. The maximum Gasteiger partial charge on any atom is 0.335 e. The van der Waals surface area contributed by atoms with E-state index in [-0.39, 0.29) is 71.0 Å². The van der Waals surface area contributed by atoms with E-state index in [1.807, 2.05) is 10.6 Å². The minimum atomic E-state index is -2.99. The molecule has 3 aromatic rings. The molecule has 6 bridgehead atoms. The van der Waals surface area contributed by atoms with Crippen molar-refractivity contribution in [3.05, 3.63) is 108 Å². The zero-order valence-corrected chi connectivity index (χ0v) is 80.8. The van der Waals surface area contributed by atoms with Crippen molar-refractivity contribution in [2.45, 2.75) is 230 Å². The van der Waals surface area contributed by atoms with Crippen LogP contribution in [-0.2, 0) is 125 Å². The molecule has 5 fully saturated rings. The first-order valence-electron chi connectivity index (χ1n) is 46.0. The van der Waals surface area contributed by atoms with E-state index in [2.05, 4.69) is 90.4 Å². The normalized spacial score (nSPS) is 28.0. The number of aliphatic hydroxyl groups excluding tert-OH is 1. The molecule has 3 aromatic carbocycles. The SMILES string of the molecule is CC(C)[C@@H]1NC(=O)[C@H](Cc2ccccc2)NC(=O)[C@H]2NC(=O)[C@H](Cc3ccccc3)NC(=O)[C@@H]3CCCN3C(=O)CNC(=O)[C@H](Cc3ccccc3)NC(=O)[C@@H]3CNCCCC[C@@H](C(=O)O)NC(=O)C4NC(=O)[C@H](CC(N)=O)NC(=O)CNC(=O)[C@H]([C@@H](O)C(=O)O)NC(=O)[C@H](CSC[C@H](NC(=O)[C@H](CCC(N)=O)NC(=O)[C@H](CCCNC(=N)N)NC(=O)[C@@H](N)CS[C@@H]4C)C(=O)N[C@@H](CSC2C)C(=O)N3)NC1=O. The molecule has 8 rings (SSSR count). The van der Waals surface area contributed by atoms with E-state index in [1.165, 1.54) is 32.6 Å². The molecule has 0 radical (unpaired) electrons. The zero-order valence-electron chi connectivity index (χ0n) is 78.4. The number of thioether (sulfide) groups is 3. The number of carbonyl (C=O) groups excluding carboxylic acids is 20. The largest absolute Gasteiger partial charge is 0.480 e. The van der Waals surface area contributed by atoms with Crippen LogP contribution in [0.15, 0.2) is 91.0 Å². The van der Waals surface area contributed by atoms with Crippen molar-refractivity contribution >= 4 is 171 Å². The molecule has 50 nitrogen and oxygen atoms in total. The molecule has 142 heavy (non-hydrogen) atoms. The fraction of sp³-hybridized carbons (Fsp3) is 0.539. The minimum absolute atomic E-state index is 0.0274. The zero-order chi connectivity index (χ0) is 104. The summed E-state index contributed by atoms with van der Waals surface area (Å²) in [4.78, 5) is 327. The summed E-state index contributed by atoms with van der Waals surface area (Å²) < 4.78 is 0. The average Bonchev–Trinajstić information content (AvgIpc) is 1.71. The number of aliphatic hydroxyl groups is 1. The van der Waals surface area contributed by atoms with Crippen LogP contribution in [0.4, 0.5) is 0 Å². The second kappa shape index (κ2) is 56.0. The molecule has 5 heterocycles. The van der Waals surface area contributed by atoms with Gasteiger partial charge in [-0.2, -0.15) is 35.3 Å². The molecule has 774 valence electrons. The van der Waals surface area contributed by atoms with Crippen LogP contribution in [0.25, 0.3) is 0 Å². The Bertz CT molecular complexity index is 5060. The molecule has 5 aliphatic rings. The van der Waals surface area contributed by atoms with E-state index in [4.69, 9.17) is 28.3 Å². The number of rotatable bonds is 19. The fourth-order valence-electron chi connectivity index (χ4n) is 15.6. The van der Waals surface area contributed by atoms with Crippen molar-refractivity contribution in [1.82, 2.24) is 106 Å². The summed E-state index contributed by atoms with van der Waals surface area (Å²) in [6.45, 7) is 2.41. The highest BCUT2D eigenvalue weighted by atomic mass is 32.2. The van der Waals surface area contributed by atoms with Crippen molar-refractivity contribution in [1.29, 1.82) is 5.41 Å². The summed E-state index contributed by atoms with van der Waals surface area (Å²) >= 11 is 1.81. The molecule has 31 N–H and O–H groups in total. The van der Waals surface area contributed by atoms with Crippen molar-refractivity contribution in [3.63, 3.8) is 0 Å². The predicted octanol–water partition coefficient (Wildman–Crippen LogP) is -10.1. The van der Waals surface area contributed by atoms with E-state index in [1.54, 1.807) is 91.0 Å². The van der Waals surface area contributed by atoms with Gasteiger partial charge in [-0.15, -0.1) is 0 Å². The van der Waals surface area contributed by atoms with Crippen molar-refractivity contribution in [3.8, 4) is 0 Å². The predicted molar refractivity (Wildman–Crippen MR) is 514 cm³/mol. The number of guanidine groups is 1. The first kappa shape index (κ1) is 113. The number of nitrogens with zero attached hydrogens (tertiary/aromatic N) is 1. The average molecular weight is 2040 g/mol. The minimum Gasteiger partial charge on any atom is -0.480 e. The van der Waals surface area contributed by atoms with Crippen LogP contribution in [0.5, 0.6) is 0 Å². The molecule has 5 aliphatic heterocycles. The molecule has 0 spiro atoms. The number of carbonyl (C=O) groups is 22. The van der Waals surface area contributed by atoms with Crippen LogP contribution in [-0.4, -0.2) is 338 Å². The molecular formula is C89H125N25O25S3. The maximum absolute atomic E-state index is 16.2. The number of carboxylic acid groups (broad SMARTS) is 2. The Morgan fingerprint density at radius 2 is 0.915 bits per heavy atom. The van der Waals surface area contributed by atoms with E-state index in [0.29, 0.717) is 52.0 Å². The molecule has 53 heteroatoms. The van der Waals surface area contributed by atoms with E-state index >= 15 is 52.7 Å². The Kier molecular flexibility index (Phi) is 44.8. The Hall–Kier alpha value is -13.8. The third-order valence-corrected chi connectivity index (χ3v) is 27.3. The quantitative estimate of drug-likeness (QED) is 0.0229. The number of nitrogens with two attached hydrogens (primary N) is 4. The number of aliphatic carboxylic acids is 2. The summed E-state index contributed by atoms with van der Waals surface area (Å²) in [5, 5.41) is 85.1. The summed E-state index contributed by atoms with van der Waals surface area (Å²) in [6.07, 6.45) is -7.39. The number of amides is 20. The first-order chi connectivity index (χ1) is 67.4. The summed E-state index contributed by atoms with van der Waals surface area (Å²) in [7, 11) is 0. The Balaban J connectivity index is 1.43. The highest BCUT2D eigenvalue weighted by molar-refractivity contribution is 8.00. The number of fused-ring (bicyclic) bond motifs is 22. The van der Waals surface area contributed by atoms with Gasteiger partial charge in [0.2, 0.25) is 118 Å². The van der Waals surface area contributed by atoms with Crippen molar-refractivity contribution in [2.75, 3.05) is 62.3 Å². The van der Waals surface area contributed by atoms with Gasteiger partial charge in [-0.25, -0.2) is 9.59 Å². The molecule has 0 aromatic heterocycles. The van der Waals surface area contributed by atoms with Crippen molar-refractivity contribution < 1.29 is 121 Å². The van der Waals surface area contributed by atoms with Gasteiger partial charge in [0.15, 0.2) is 12.1 Å². The summed E-state index contributed by atoms with van der Waals surface area (Å²) in [6, 6.07) is -8.41. The van der Waals surface area contributed by atoms with Crippen LogP contribution >= 0.6 is 35.3 Å². The Morgan fingerprint density at radius 3 is 1.47 bits per heavy atom. The standard InChI is InChI=1S/C89H125N25O25S3/c1-43(2)66-84(133)109-59-41-140-40-58-79(128)108-60-42-142-45(4)68(86(135)105-55(75(124)110-66)34-48-22-12-7-13-23-48)111-76(125)54(33-47-20-10-6-11-21-47)104-82(131)61-26-17-31-114(61)65(118)38-98-72(121)53(32-46-18-8-5-9-19-46)103-78(127)57(106-80(60)129)36-95-29-15-14-24-52(87(136)137)102-85(134)67(112-77(126)56(35-63(92)116)99-64(117)37-97-83(132)69(113-81(59)130)70(119)88(138)139)44(3)141-39-49(90)71(120)100-50(25-16-30-96-89(93)94)73(122)101-51(74(123)107-58)27-28-62(91)115/h5-13,18-23,43-45,49-61,66-70,95,119H,14-17,24-42,90H2,1-4H3,(H2,91,115)(H2,92,116)(H,97,132)(H,98,121)(H,99,117)(H,100,120)(H,101,122)(H,102,134)(H,103,127)(H,104,131)(H,105,135)(H,106,129)(H,107,123)(H,108,128)(H,109,133)(H,110,124)(H,111,125)(H,112,126)(H,113,130)(H,136,137)(H,138,139)(H4,93,94,96)/t44-,45?,49+,50+,51+,52+,53+,54+,55+,56+,57+,58+,59+,60+,61+,66+,67?,68+,69+,70-/m1/s1. The van der Waals surface area contributed by atoms with Gasteiger partial charge < -0.3 is 144 Å². The van der Waals surface area contributed by atoms with Gasteiger partial charge in [0.1, 0.15) is 96.7 Å². The topological polar surface area (TPSA) is 796 Å². The van der Waals surface area contributed by atoms with Crippen LogP contribution in [0.2, 0.25) is 0 Å². The third kappa shape index (κ3) is 35.8. The fourth-order valence-corrected chi connectivity index (χ4v) is 18.8. The highest BCUT2D eigenvalue weighted by Crippen LogP contribution is 2.24. The van der Waals surface area contributed by atoms with E-state index in [9.17, 15) is 68.1 Å². The van der Waals surface area contributed by atoms with Gasteiger partial charge in [-0.1, -0.05) is 119 Å². The summed E-state index contributed by atoms with van der Waals surface area (Å²) in [5.41, 5.74) is 24.6. The van der Waals surface area contributed by atoms with Crippen LogP contribution in [0.3, 0.4) is 0 Å². The van der Waals surface area contributed by atoms with Crippen LogP contribution in [0, 0.1) is 11.3 Å². The van der Waals surface area contributed by atoms with Crippen LogP contribution < -0.4 is 124 Å². The van der Waals surface area contributed by atoms with E-state index in [0.717, 1.165) is 0 Å². The molecule has 20 amide bonds. The number of carboxylic acids is 2. The van der Waals surface area contributed by atoms with Gasteiger partial charge in [-0.05, 0) is 80.5 Å². The molecule has 5 saturated heterocycles. The smallest absolute Gasteiger partial charge is 0.335 e. The summed E-state index contributed by atoms with van der Waals surface area (Å²) in [5.74, 6) is -33.2. The van der Waals surface area contributed by atoms with Gasteiger partial charge in [-0.3, -0.25) is 101 Å². The maximum atomic E-state index is 16.2. The van der Waals surface area contributed by atoms with E-state index < -0.39 is 336 Å². The van der Waals surface area contributed by atoms with Gasteiger partial charge in [0, 0.05) is 78.8 Å². The van der Waals surface area contributed by atoms with Gasteiger partial charge in [0.05, 0.1) is 25.6 Å². The number of benzene rings is 3. The Labute approximate surface area is 828 Å². The lowest BCUT2D eigenvalue weighted by Crippen LogP contribution is -2.64. The lowest BCUT2D eigenvalue weighted by atomic mass is 10.00. The lowest BCUT2D eigenvalue weighted by Gasteiger charge is -2.32. The van der Waals surface area contributed by atoms with Crippen molar-refractivity contribution in [2.24, 2.45) is 28.9 Å². The molecule has 0 saturated carbocycles. The van der Waals surface area contributed by atoms with Gasteiger partial charge >= 0.3 is 11.9 Å². The monoisotopic (exact) mass is 2040 g/mol. The number of hydrogen-bond donors (Lipinski definition) is 27. The first-order valence-corrected chi connectivity index (χ1v) is 49.3. The molecule has 20 atom stereocenters. The molecule has 0 aliphatic carbocycles. The molecule has 2 unspecified atom stereocenters. The third-order valence-electron chi connectivity index (χ3n) is 23.5. The highest BCUT2D eigenvalue weighted by Gasteiger charge is 2.45.